The fourth-order valence-corrected chi connectivity index (χ4v) is 0.697. The minimum atomic E-state index is -0.565. The summed E-state index contributed by atoms with van der Waals surface area (Å²) < 4.78 is 4.83. The Morgan fingerprint density at radius 3 is 2.15 bits per heavy atom. The summed E-state index contributed by atoms with van der Waals surface area (Å²) in [6, 6.07) is -0.504. The third-order valence-electron chi connectivity index (χ3n) is 1.07. The van der Waals surface area contributed by atoms with Gasteiger partial charge in [-0.2, -0.15) is 0 Å². The molecule has 0 fully saturated rings. The van der Waals surface area contributed by atoms with Crippen molar-refractivity contribution in [2.75, 3.05) is 0 Å². The summed E-state index contributed by atoms with van der Waals surface area (Å²) in [5.74, 6) is 0. The average molecular weight is 299 g/mol. The van der Waals surface area contributed by atoms with Crippen LogP contribution in [0, 0.1) is 0 Å². The molecule has 13 heavy (non-hydrogen) atoms. The lowest BCUT2D eigenvalue weighted by molar-refractivity contribution is -0.110. The fourth-order valence-electron chi connectivity index (χ4n) is 0.541. The summed E-state index contributed by atoms with van der Waals surface area (Å²) in [4.78, 5) is 21.8. The summed E-state index contributed by atoms with van der Waals surface area (Å²) in [5.41, 5.74) is -0.530. The Morgan fingerprint density at radius 2 is 1.85 bits per heavy atom. The zero-order chi connectivity index (χ0) is 10.6. The molecule has 0 aliphatic heterocycles. The summed E-state index contributed by atoms with van der Waals surface area (Å²) in [6.07, 6.45) is -0.565. The largest absolute Gasteiger partial charge is 0.444 e. The average Bonchev–Trinajstić information content (AvgIpc) is 1.81. The SMILES string of the molecule is C[C@H](NC(=O)OC(C)(C)C)C(=O)I. The molecule has 0 heterocycles. The third kappa shape index (κ3) is 6.80. The van der Waals surface area contributed by atoms with Gasteiger partial charge in [-0.15, -0.1) is 0 Å². The number of hydrogen-bond acceptors (Lipinski definition) is 3. The van der Waals surface area contributed by atoms with Crippen LogP contribution in [-0.2, 0) is 9.53 Å². The van der Waals surface area contributed by atoms with Crippen molar-refractivity contribution in [1.82, 2.24) is 5.32 Å². The molecule has 76 valence electrons. The maximum Gasteiger partial charge on any atom is 0.408 e. The zero-order valence-corrected chi connectivity index (χ0v) is 10.3. The molecule has 0 saturated heterocycles. The fraction of sp³-hybridized carbons (Fsp3) is 0.750. The molecule has 0 spiro atoms. The number of amides is 1. The molecule has 0 rings (SSSR count). The maximum absolute atomic E-state index is 11.1. The monoisotopic (exact) mass is 299 g/mol. The van der Waals surface area contributed by atoms with Gasteiger partial charge < -0.3 is 10.1 Å². The Hall–Kier alpha value is -0.330. The second kappa shape index (κ2) is 4.78. The van der Waals surface area contributed by atoms with Gasteiger partial charge >= 0.3 is 6.09 Å². The molecule has 1 amide bonds. The Morgan fingerprint density at radius 1 is 1.38 bits per heavy atom. The zero-order valence-electron chi connectivity index (χ0n) is 8.18. The smallest absolute Gasteiger partial charge is 0.408 e. The first-order valence-corrected chi connectivity index (χ1v) is 4.99. The summed E-state index contributed by atoms with van der Waals surface area (Å²) >= 11 is 1.63. The lowest BCUT2D eigenvalue weighted by Crippen LogP contribution is -2.40. The van der Waals surface area contributed by atoms with Gasteiger partial charge in [0.2, 0.25) is 3.79 Å². The van der Waals surface area contributed by atoms with Crippen LogP contribution in [0.5, 0.6) is 0 Å². The minimum Gasteiger partial charge on any atom is -0.444 e. The van der Waals surface area contributed by atoms with Crippen molar-refractivity contribution >= 4 is 32.5 Å². The van der Waals surface area contributed by atoms with E-state index in [1.54, 1.807) is 50.3 Å². The van der Waals surface area contributed by atoms with Gasteiger partial charge in [-0.25, -0.2) is 4.79 Å². The molecule has 5 heteroatoms. The lowest BCUT2D eigenvalue weighted by Gasteiger charge is -2.20. The highest BCUT2D eigenvalue weighted by Gasteiger charge is 2.19. The Bertz CT molecular complexity index is 210. The van der Waals surface area contributed by atoms with E-state index >= 15 is 0 Å². The van der Waals surface area contributed by atoms with Gasteiger partial charge in [0.05, 0.1) is 6.04 Å². The molecule has 1 atom stereocenters. The Kier molecular flexibility index (Phi) is 4.66. The van der Waals surface area contributed by atoms with Gasteiger partial charge in [0.1, 0.15) is 5.60 Å². The van der Waals surface area contributed by atoms with Crippen LogP contribution in [-0.4, -0.2) is 21.5 Å². The number of hydrogen-bond donors (Lipinski definition) is 1. The first-order valence-electron chi connectivity index (χ1n) is 3.91. The number of alkyl carbamates (subject to hydrolysis) is 1. The second-order valence-electron chi connectivity index (χ2n) is 3.67. The number of carbonyl (C=O) groups excluding carboxylic acids is 2. The van der Waals surface area contributed by atoms with E-state index in [4.69, 9.17) is 4.74 Å². The molecule has 0 unspecified atom stereocenters. The van der Waals surface area contributed by atoms with Crippen LogP contribution in [0.15, 0.2) is 0 Å². The molecule has 0 aromatic heterocycles. The van der Waals surface area contributed by atoms with Gasteiger partial charge in [0, 0.05) is 22.6 Å². The highest BCUT2D eigenvalue weighted by molar-refractivity contribution is 14.1. The molecule has 0 aliphatic rings. The van der Waals surface area contributed by atoms with Crippen LogP contribution in [0.25, 0.3) is 0 Å². The molecule has 0 aromatic carbocycles. The van der Waals surface area contributed by atoms with Crippen molar-refractivity contribution in [2.24, 2.45) is 0 Å². The van der Waals surface area contributed by atoms with E-state index in [1.807, 2.05) is 0 Å². The molecule has 0 radical (unpaired) electrons. The highest BCUT2D eigenvalue weighted by Crippen LogP contribution is 2.07. The van der Waals surface area contributed by atoms with Crippen molar-refractivity contribution < 1.29 is 14.3 Å². The van der Waals surface area contributed by atoms with E-state index in [0.29, 0.717) is 0 Å². The topological polar surface area (TPSA) is 55.4 Å². The molecule has 0 aliphatic carbocycles. The molecular weight excluding hydrogens is 285 g/mol. The van der Waals surface area contributed by atoms with E-state index in [9.17, 15) is 9.59 Å². The summed E-state index contributed by atoms with van der Waals surface area (Å²) in [7, 11) is 0. The summed E-state index contributed by atoms with van der Waals surface area (Å²) in [6.45, 7) is 6.91. The van der Waals surface area contributed by atoms with Crippen LogP contribution in [0.1, 0.15) is 27.7 Å². The van der Waals surface area contributed by atoms with E-state index in [1.165, 1.54) is 0 Å². The van der Waals surface area contributed by atoms with E-state index < -0.39 is 17.7 Å². The predicted molar refractivity (Wildman–Crippen MR) is 57.9 cm³/mol. The minimum absolute atomic E-state index is 0.122. The van der Waals surface area contributed by atoms with Gasteiger partial charge in [0.25, 0.3) is 0 Å². The van der Waals surface area contributed by atoms with Gasteiger partial charge in [0.15, 0.2) is 0 Å². The van der Waals surface area contributed by atoms with Crippen molar-refractivity contribution in [3.63, 3.8) is 0 Å². The molecule has 0 saturated carbocycles. The number of halogens is 1. The highest BCUT2D eigenvalue weighted by atomic mass is 127. The van der Waals surface area contributed by atoms with E-state index in [2.05, 4.69) is 5.32 Å². The van der Waals surface area contributed by atoms with Crippen molar-refractivity contribution in [2.45, 2.75) is 39.3 Å². The van der Waals surface area contributed by atoms with Gasteiger partial charge in [-0.05, 0) is 27.7 Å². The third-order valence-corrected chi connectivity index (χ3v) is 2.01. The molecule has 4 nitrogen and oxygen atoms in total. The van der Waals surface area contributed by atoms with Gasteiger partial charge in [-0.3, -0.25) is 4.79 Å². The number of carbonyl (C=O) groups is 2. The molecule has 0 bridgehead atoms. The Balaban J connectivity index is 3.96. The molecular formula is C8H14INO3. The predicted octanol–water partition coefficient (Wildman–Crippen LogP) is 1.86. The standard InChI is InChI=1S/C8H14INO3/c1-5(6(9)11)10-7(12)13-8(2,3)4/h5H,1-4H3,(H,10,12)/t5-/m0/s1. The summed E-state index contributed by atoms with van der Waals surface area (Å²) in [5, 5.41) is 2.42. The van der Waals surface area contributed by atoms with Crippen LogP contribution in [0.2, 0.25) is 0 Å². The van der Waals surface area contributed by atoms with Crippen LogP contribution >= 0.6 is 22.6 Å². The van der Waals surface area contributed by atoms with Gasteiger partial charge in [-0.1, -0.05) is 0 Å². The maximum atomic E-state index is 11.1. The van der Waals surface area contributed by atoms with Crippen molar-refractivity contribution in [3.8, 4) is 0 Å². The Labute approximate surface area is 91.5 Å². The quantitative estimate of drug-likeness (QED) is 0.625. The number of rotatable bonds is 2. The van der Waals surface area contributed by atoms with Crippen LogP contribution in [0.4, 0.5) is 4.79 Å². The normalized spacial score (nSPS) is 13.3. The number of ether oxygens (including phenoxy) is 1. The first kappa shape index (κ1) is 12.7. The molecule has 1 N–H and O–H groups in total. The van der Waals surface area contributed by atoms with Crippen LogP contribution in [0.3, 0.4) is 0 Å². The first-order chi connectivity index (χ1) is 5.72. The van der Waals surface area contributed by atoms with Crippen molar-refractivity contribution in [1.29, 1.82) is 0 Å². The number of nitrogens with one attached hydrogen (secondary N) is 1. The molecule has 0 aromatic rings. The lowest BCUT2D eigenvalue weighted by atomic mass is 10.2. The second-order valence-corrected chi connectivity index (χ2v) is 4.74. The van der Waals surface area contributed by atoms with Crippen LogP contribution < -0.4 is 5.32 Å². The van der Waals surface area contributed by atoms with Crippen molar-refractivity contribution in [3.05, 3.63) is 0 Å². The van der Waals surface area contributed by atoms with E-state index in [0.717, 1.165) is 0 Å². The van der Waals surface area contributed by atoms with E-state index in [-0.39, 0.29) is 3.79 Å².